The lowest BCUT2D eigenvalue weighted by molar-refractivity contribution is 1.000. The van der Waals surface area contributed by atoms with Gasteiger partial charge < -0.3 is 5.73 Å². The van der Waals surface area contributed by atoms with E-state index in [2.05, 4.69) is 21.0 Å². The summed E-state index contributed by atoms with van der Waals surface area (Å²) < 4.78 is 0. The van der Waals surface area contributed by atoms with Crippen LogP contribution in [0.4, 0.5) is 5.69 Å². The molecule has 2 heterocycles. The first-order valence-electron chi connectivity index (χ1n) is 5.66. The number of nitrogens with zero attached hydrogens (tertiary/aromatic N) is 3. The molecule has 2 aromatic heterocycles. The molecule has 88 valence electrons. The lowest BCUT2D eigenvalue weighted by atomic mass is 10.1. The minimum Gasteiger partial charge on any atom is -0.396 e. The van der Waals surface area contributed by atoms with Gasteiger partial charge in [-0.25, -0.2) is 9.97 Å². The molecule has 0 aliphatic carbocycles. The van der Waals surface area contributed by atoms with E-state index >= 15 is 0 Å². The Balaban J connectivity index is 2.53. The molecule has 4 heteroatoms. The molecule has 17 heavy (non-hydrogen) atoms. The zero-order chi connectivity index (χ0) is 12.4. The van der Waals surface area contributed by atoms with E-state index in [-0.39, 0.29) is 0 Å². The fourth-order valence-electron chi connectivity index (χ4n) is 1.77. The van der Waals surface area contributed by atoms with Crippen LogP contribution in [0.3, 0.4) is 0 Å². The summed E-state index contributed by atoms with van der Waals surface area (Å²) in [5, 5.41) is 0. The highest BCUT2D eigenvalue weighted by Gasteiger charge is 2.09. The van der Waals surface area contributed by atoms with Crippen molar-refractivity contribution in [2.75, 3.05) is 5.73 Å². The summed E-state index contributed by atoms with van der Waals surface area (Å²) in [6.45, 7) is 6.06. The Kier molecular flexibility index (Phi) is 3.04. The Hall–Kier alpha value is -1.97. The van der Waals surface area contributed by atoms with Crippen molar-refractivity contribution in [3.8, 4) is 11.5 Å². The number of pyridine rings is 1. The van der Waals surface area contributed by atoms with Crippen LogP contribution < -0.4 is 5.73 Å². The molecule has 0 saturated carbocycles. The summed E-state index contributed by atoms with van der Waals surface area (Å²) in [6.07, 6.45) is 4.28. The zero-order valence-electron chi connectivity index (χ0n) is 10.4. The molecular formula is C13H16N4. The third-order valence-corrected chi connectivity index (χ3v) is 2.66. The van der Waals surface area contributed by atoms with Crippen LogP contribution in [0.1, 0.15) is 23.7 Å². The van der Waals surface area contributed by atoms with E-state index in [1.54, 1.807) is 6.20 Å². The summed E-state index contributed by atoms with van der Waals surface area (Å²) in [4.78, 5) is 13.1. The van der Waals surface area contributed by atoms with E-state index in [1.165, 1.54) is 0 Å². The lowest BCUT2D eigenvalue weighted by Gasteiger charge is -2.07. The molecule has 2 rings (SSSR count). The molecule has 0 aliphatic rings. The van der Waals surface area contributed by atoms with Crippen LogP contribution in [0.2, 0.25) is 0 Å². The Morgan fingerprint density at radius 2 is 1.94 bits per heavy atom. The van der Waals surface area contributed by atoms with E-state index in [0.29, 0.717) is 11.5 Å². The maximum atomic E-state index is 5.79. The molecule has 0 saturated heterocycles. The highest BCUT2D eigenvalue weighted by atomic mass is 14.9. The van der Waals surface area contributed by atoms with Crippen LogP contribution in [0.5, 0.6) is 0 Å². The average molecular weight is 228 g/mol. The second kappa shape index (κ2) is 4.49. The molecule has 0 aliphatic heterocycles. The Bertz CT molecular complexity index is 549. The van der Waals surface area contributed by atoms with Crippen molar-refractivity contribution in [1.82, 2.24) is 15.0 Å². The van der Waals surface area contributed by atoms with Gasteiger partial charge in [0.15, 0.2) is 5.82 Å². The van der Waals surface area contributed by atoms with Crippen molar-refractivity contribution >= 4 is 5.69 Å². The van der Waals surface area contributed by atoms with Crippen LogP contribution in [-0.2, 0) is 6.42 Å². The van der Waals surface area contributed by atoms with Gasteiger partial charge >= 0.3 is 0 Å². The molecule has 0 fully saturated rings. The number of nitrogens with two attached hydrogens (primary N) is 1. The number of anilines is 1. The standard InChI is InChI=1S/C13H16N4/c1-4-11-10(14)7-16-13(17-11)12-9(3)5-8(2)6-15-12/h5-7H,4,14H2,1-3H3. The van der Waals surface area contributed by atoms with Crippen molar-refractivity contribution in [2.45, 2.75) is 27.2 Å². The normalized spacial score (nSPS) is 10.5. The first-order valence-corrected chi connectivity index (χ1v) is 5.66. The third kappa shape index (κ3) is 2.25. The highest BCUT2D eigenvalue weighted by molar-refractivity contribution is 5.57. The largest absolute Gasteiger partial charge is 0.396 e. The minimum atomic E-state index is 0.640. The van der Waals surface area contributed by atoms with E-state index < -0.39 is 0 Å². The highest BCUT2D eigenvalue weighted by Crippen LogP contribution is 2.19. The zero-order valence-corrected chi connectivity index (χ0v) is 10.4. The molecule has 0 bridgehead atoms. The van der Waals surface area contributed by atoms with Gasteiger partial charge in [0, 0.05) is 6.20 Å². The van der Waals surface area contributed by atoms with Gasteiger partial charge in [-0.05, 0) is 31.4 Å². The Labute approximate surface area is 101 Å². The van der Waals surface area contributed by atoms with Crippen LogP contribution in [0, 0.1) is 13.8 Å². The molecule has 2 N–H and O–H groups in total. The van der Waals surface area contributed by atoms with Gasteiger partial charge in [-0.15, -0.1) is 0 Å². The number of hydrogen-bond donors (Lipinski definition) is 1. The summed E-state index contributed by atoms with van der Waals surface area (Å²) in [6, 6.07) is 2.08. The third-order valence-electron chi connectivity index (χ3n) is 2.66. The molecule has 4 nitrogen and oxygen atoms in total. The summed E-state index contributed by atoms with van der Waals surface area (Å²) in [5.41, 5.74) is 10.3. The molecule has 0 amide bonds. The first-order chi connectivity index (χ1) is 8.11. The quantitative estimate of drug-likeness (QED) is 0.856. The van der Waals surface area contributed by atoms with E-state index in [0.717, 1.165) is 28.9 Å². The summed E-state index contributed by atoms with van der Waals surface area (Å²) in [7, 11) is 0. The maximum absolute atomic E-state index is 5.79. The monoisotopic (exact) mass is 228 g/mol. The van der Waals surface area contributed by atoms with E-state index in [1.807, 2.05) is 27.0 Å². The van der Waals surface area contributed by atoms with E-state index in [4.69, 9.17) is 5.73 Å². The van der Waals surface area contributed by atoms with Crippen molar-refractivity contribution in [2.24, 2.45) is 0 Å². The fraction of sp³-hybridized carbons (Fsp3) is 0.308. The van der Waals surface area contributed by atoms with Gasteiger partial charge in [0.1, 0.15) is 5.69 Å². The number of nitrogen functional groups attached to an aromatic ring is 1. The smallest absolute Gasteiger partial charge is 0.178 e. The summed E-state index contributed by atoms with van der Waals surface area (Å²) >= 11 is 0. The topological polar surface area (TPSA) is 64.7 Å². The van der Waals surface area contributed by atoms with E-state index in [9.17, 15) is 0 Å². The minimum absolute atomic E-state index is 0.640. The van der Waals surface area contributed by atoms with Crippen molar-refractivity contribution in [3.63, 3.8) is 0 Å². The fourth-order valence-corrected chi connectivity index (χ4v) is 1.77. The number of aryl methyl sites for hydroxylation is 3. The predicted molar refractivity (Wildman–Crippen MR) is 68.5 cm³/mol. The summed E-state index contributed by atoms with van der Waals surface area (Å²) in [5.74, 6) is 0.647. The van der Waals surface area contributed by atoms with Gasteiger partial charge in [-0.3, -0.25) is 4.98 Å². The van der Waals surface area contributed by atoms with Crippen LogP contribution in [0.25, 0.3) is 11.5 Å². The molecule has 0 unspecified atom stereocenters. The Morgan fingerprint density at radius 1 is 1.18 bits per heavy atom. The molecule has 0 atom stereocenters. The van der Waals surface area contributed by atoms with Gasteiger partial charge in [-0.2, -0.15) is 0 Å². The van der Waals surface area contributed by atoms with Gasteiger partial charge in [-0.1, -0.05) is 13.0 Å². The van der Waals surface area contributed by atoms with Crippen LogP contribution in [0.15, 0.2) is 18.5 Å². The average Bonchev–Trinajstić information content (AvgIpc) is 2.30. The number of aromatic nitrogens is 3. The predicted octanol–water partition coefficient (Wildman–Crippen LogP) is 2.30. The van der Waals surface area contributed by atoms with Crippen molar-refractivity contribution in [3.05, 3.63) is 35.3 Å². The molecule has 0 spiro atoms. The molecule has 2 aromatic rings. The molecule has 0 radical (unpaired) electrons. The Morgan fingerprint density at radius 3 is 2.59 bits per heavy atom. The second-order valence-electron chi connectivity index (χ2n) is 4.13. The van der Waals surface area contributed by atoms with Crippen molar-refractivity contribution < 1.29 is 0 Å². The van der Waals surface area contributed by atoms with Crippen LogP contribution in [-0.4, -0.2) is 15.0 Å². The SMILES string of the molecule is CCc1nc(-c2ncc(C)cc2C)ncc1N. The first kappa shape index (κ1) is 11.5. The van der Waals surface area contributed by atoms with Crippen LogP contribution >= 0.6 is 0 Å². The van der Waals surface area contributed by atoms with Crippen molar-refractivity contribution in [1.29, 1.82) is 0 Å². The van der Waals surface area contributed by atoms with Gasteiger partial charge in [0.25, 0.3) is 0 Å². The van der Waals surface area contributed by atoms with Gasteiger partial charge in [0.2, 0.25) is 0 Å². The molecular weight excluding hydrogens is 212 g/mol. The molecule has 0 aromatic carbocycles. The second-order valence-corrected chi connectivity index (χ2v) is 4.13. The maximum Gasteiger partial charge on any atom is 0.178 e. The lowest BCUT2D eigenvalue weighted by Crippen LogP contribution is -2.02. The van der Waals surface area contributed by atoms with Gasteiger partial charge in [0.05, 0.1) is 17.6 Å². The number of hydrogen-bond acceptors (Lipinski definition) is 4. The number of rotatable bonds is 2.